The largest absolute Gasteiger partial charge is 0.381 e. The van der Waals surface area contributed by atoms with E-state index in [4.69, 9.17) is 27.9 Å². The van der Waals surface area contributed by atoms with Gasteiger partial charge in [-0.15, -0.1) is 11.6 Å². The fourth-order valence-electron chi connectivity index (χ4n) is 2.75. The summed E-state index contributed by atoms with van der Waals surface area (Å²) in [5.74, 6) is 0.955. The minimum Gasteiger partial charge on any atom is -0.381 e. The number of nitrogens with zero attached hydrogens (tertiary/aromatic N) is 2. The van der Waals surface area contributed by atoms with Gasteiger partial charge in [0.25, 0.3) is 0 Å². The smallest absolute Gasteiger partial charge is 0.144 e. The predicted molar refractivity (Wildman–Crippen MR) is 78.2 cm³/mol. The molecule has 0 radical (unpaired) electrons. The average molecular weight is 317 g/mol. The highest BCUT2D eigenvalue weighted by Crippen LogP contribution is 2.38. The van der Waals surface area contributed by atoms with Crippen LogP contribution in [0.1, 0.15) is 24.7 Å². The lowest BCUT2D eigenvalue weighted by Crippen LogP contribution is -2.33. The summed E-state index contributed by atoms with van der Waals surface area (Å²) >= 11 is 11.7. The lowest BCUT2D eigenvalue weighted by molar-refractivity contribution is 0.00663. The Morgan fingerprint density at radius 1 is 1.45 bits per heavy atom. The van der Waals surface area contributed by atoms with E-state index in [0.29, 0.717) is 18.3 Å². The molecular formula is C14H15Cl2FN2O. The Labute approximate surface area is 126 Å². The Balaban J connectivity index is 2.07. The van der Waals surface area contributed by atoms with Crippen molar-refractivity contribution in [2.45, 2.75) is 31.4 Å². The van der Waals surface area contributed by atoms with E-state index in [0.717, 1.165) is 29.7 Å². The van der Waals surface area contributed by atoms with Crippen molar-refractivity contribution in [1.82, 2.24) is 9.55 Å². The van der Waals surface area contributed by atoms with Crippen molar-refractivity contribution in [3.05, 3.63) is 28.8 Å². The fourth-order valence-corrected chi connectivity index (χ4v) is 3.08. The van der Waals surface area contributed by atoms with Crippen molar-refractivity contribution in [3.63, 3.8) is 0 Å². The van der Waals surface area contributed by atoms with Crippen LogP contribution in [0.15, 0.2) is 12.1 Å². The number of rotatable bonds is 4. The molecule has 6 heteroatoms. The minimum absolute atomic E-state index is 0.1000. The molecule has 1 heterocycles. The molecule has 2 aromatic rings. The molecular weight excluding hydrogens is 302 g/mol. The molecule has 0 amide bonds. The third kappa shape index (κ3) is 2.30. The number of benzene rings is 1. The van der Waals surface area contributed by atoms with E-state index in [1.54, 1.807) is 13.2 Å². The van der Waals surface area contributed by atoms with Crippen LogP contribution in [0.4, 0.5) is 4.39 Å². The van der Waals surface area contributed by atoms with E-state index in [2.05, 4.69) is 9.55 Å². The van der Waals surface area contributed by atoms with Gasteiger partial charge in [-0.1, -0.05) is 11.6 Å². The molecule has 0 bridgehead atoms. The van der Waals surface area contributed by atoms with Crippen molar-refractivity contribution >= 4 is 34.2 Å². The normalized spacial score (nSPS) is 22.2. The number of methoxy groups -OCH3 is 1. The molecule has 1 aromatic heterocycles. The minimum atomic E-state index is -0.416. The second-order valence-corrected chi connectivity index (χ2v) is 5.86. The first-order valence-corrected chi connectivity index (χ1v) is 7.50. The number of alkyl halides is 1. The van der Waals surface area contributed by atoms with Crippen molar-refractivity contribution in [1.29, 1.82) is 0 Å². The number of ether oxygens (including phenoxy) is 1. The zero-order valence-corrected chi connectivity index (χ0v) is 12.6. The fraction of sp³-hybridized carbons (Fsp3) is 0.500. The molecule has 0 unspecified atom stereocenters. The van der Waals surface area contributed by atoms with E-state index in [9.17, 15) is 4.39 Å². The monoisotopic (exact) mass is 316 g/mol. The van der Waals surface area contributed by atoms with Crippen LogP contribution in [0.25, 0.3) is 11.0 Å². The highest BCUT2D eigenvalue weighted by molar-refractivity contribution is 6.31. The van der Waals surface area contributed by atoms with Crippen molar-refractivity contribution < 1.29 is 9.13 Å². The third-order valence-corrected chi connectivity index (χ3v) is 4.37. The van der Waals surface area contributed by atoms with E-state index in [1.807, 2.05) is 0 Å². The van der Waals surface area contributed by atoms with E-state index >= 15 is 0 Å². The lowest BCUT2D eigenvalue weighted by atomic mass is 9.88. The topological polar surface area (TPSA) is 27.1 Å². The summed E-state index contributed by atoms with van der Waals surface area (Å²) in [4.78, 5) is 4.54. The van der Waals surface area contributed by atoms with Gasteiger partial charge in [0.2, 0.25) is 0 Å². The van der Waals surface area contributed by atoms with Crippen LogP contribution in [0.2, 0.25) is 5.02 Å². The van der Waals surface area contributed by atoms with Crippen LogP contribution < -0.4 is 0 Å². The first kappa shape index (κ1) is 14.1. The van der Waals surface area contributed by atoms with Crippen LogP contribution in [0, 0.1) is 5.82 Å². The maximum absolute atomic E-state index is 13.7. The van der Waals surface area contributed by atoms with Crippen LogP contribution in [-0.2, 0) is 11.2 Å². The van der Waals surface area contributed by atoms with Gasteiger partial charge < -0.3 is 9.30 Å². The molecule has 0 atom stereocenters. The molecule has 1 aliphatic rings. The first-order valence-electron chi connectivity index (χ1n) is 6.58. The SMILES string of the molecule is COC1CC(n2c(CCCl)nc3cc(Cl)c(F)cc32)C1. The summed E-state index contributed by atoms with van der Waals surface area (Å²) in [6, 6.07) is 3.33. The summed E-state index contributed by atoms with van der Waals surface area (Å²) in [6.07, 6.45) is 2.77. The lowest BCUT2D eigenvalue weighted by Gasteiger charge is -2.36. The van der Waals surface area contributed by atoms with Gasteiger partial charge in [0.15, 0.2) is 0 Å². The molecule has 0 spiro atoms. The molecule has 3 rings (SSSR count). The van der Waals surface area contributed by atoms with Gasteiger partial charge in [-0.25, -0.2) is 9.37 Å². The summed E-state index contributed by atoms with van der Waals surface area (Å²) in [5.41, 5.74) is 1.50. The van der Waals surface area contributed by atoms with Gasteiger partial charge in [-0.2, -0.15) is 0 Å². The van der Waals surface area contributed by atoms with E-state index in [-0.39, 0.29) is 11.1 Å². The maximum Gasteiger partial charge on any atom is 0.144 e. The van der Waals surface area contributed by atoms with Crippen LogP contribution in [0.5, 0.6) is 0 Å². The highest BCUT2D eigenvalue weighted by Gasteiger charge is 2.33. The molecule has 0 saturated heterocycles. The van der Waals surface area contributed by atoms with Gasteiger partial charge >= 0.3 is 0 Å². The van der Waals surface area contributed by atoms with Crippen molar-refractivity contribution in [3.8, 4) is 0 Å². The number of aromatic nitrogens is 2. The number of aryl methyl sites for hydroxylation is 1. The van der Waals surface area contributed by atoms with Crippen molar-refractivity contribution in [2.24, 2.45) is 0 Å². The van der Waals surface area contributed by atoms with Crippen LogP contribution in [-0.4, -0.2) is 28.6 Å². The molecule has 0 aliphatic heterocycles. The number of halogens is 3. The zero-order valence-electron chi connectivity index (χ0n) is 11.1. The van der Waals surface area contributed by atoms with Crippen LogP contribution in [0.3, 0.4) is 0 Å². The molecule has 0 N–H and O–H groups in total. The van der Waals surface area contributed by atoms with E-state index in [1.165, 1.54) is 6.07 Å². The maximum atomic E-state index is 13.7. The second-order valence-electron chi connectivity index (χ2n) is 5.07. The van der Waals surface area contributed by atoms with Crippen LogP contribution >= 0.6 is 23.2 Å². The van der Waals surface area contributed by atoms with Gasteiger partial charge in [-0.05, 0) is 18.9 Å². The number of hydrogen-bond donors (Lipinski definition) is 0. The highest BCUT2D eigenvalue weighted by atomic mass is 35.5. The average Bonchev–Trinajstić information content (AvgIpc) is 2.68. The van der Waals surface area contributed by atoms with Gasteiger partial charge in [0.1, 0.15) is 11.6 Å². The second kappa shape index (κ2) is 5.51. The zero-order chi connectivity index (χ0) is 14.3. The molecule has 108 valence electrons. The summed E-state index contributed by atoms with van der Waals surface area (Å²) in [6.45, 7) is 0. The Kier molecular flexibility index (Phi) is 3.89. The van der Waals surface area contributed by atoms with E-state index < -0.39 is 5.82 Å². The molecule has 20 heavy (non-hydrogen) atoms. The standard InChI is InChI=1S/C14H15Cl2FN2O/c1-20-9-4-8(5-9)19-13-7-11(17)10(16)6-12(13)18-14(19)2-3-15/h6-9H,2-5H2,1H3. The predicted octanol–water partition coefficient (Wildman–Crippen LogP) is 3.96. The number of fused-ring (bicyclic) bond motifs is 1. The third-order valence-electron chi connectivity index (χ3n) is 3.89. The molecule has 1 saturated carbocycles. The van der Waals surface area contributed by atoms with Gasteiger partial charge in [-0.3, -0.25) is 0 Å². The number of hydrogen-bond acceptors (Lipinski definition) is 2. The van der Waals surface area contributed by atoms with Crippen molar-refractivity contribution in [2.75, 3.05) is 13.0 Å². The molecule has 1 aromatic carbocycles. The van der Waals surface area contributed by atoms with Gasteiger partial charge in [0.05, 0.1) is 22.2 Å². The quantitative estimate of drug-likeness (QED) is 0.798. The Morgan fingerprint density at radius 2 is 2.20 bits per heavy atom. The Bertz CT molecular complexity index is 638. The molecule has 1 fully saturated rings. The summed E-state index contributed by atoms with van der Waals surface area (Å²) in [7, 11) is 1.71. The summed E-state index contributed by atoms with van der Waals surface area (Å²) < 4.78 is 21.1. The van der Waals surface area contributed by atoms with Gasteiger partial charge in [0, 0.05) is 31.5 Å². The first-order chi connectivity index (χ1) is 9.63. The Hall–Kier alpha value is -0.840. The Morgan fingerprint density at radius 3 is 2.85 bits per heavy atom. The molecule has 1 aliphatic carbocycles. The molecule has 3 nitrogen and oxygen atoms in total. The summed E-state index contributed by atoms with van der Waals surface area (Å²) in [5, 5.41) is 0.1000. The number of imidazole rings is 1.